The number of nitrogens with zero attached hydrogens (tertiary/aromatic N) is 4. The predicted octanol–water partition coefficient (Wildman–Crippen LogP) is 8.75. The van der Waals surface area contributed by atoms with Gasteiger partial charge in [0.25, 0.3) is 22.7 Å². The molecule has 5 aromatic rings. The molecule has 20 nitrogen and oxygen atoms in total. The number of nitro benzene ring substituents is 4. The standard InChI is InChI=1S/C32H18F4N8O12/c33-25-27(35)30(56-20-9-3-16(4-10-20)38-32(46)40-22-12-6-18(42(49)50)14-24(22)44(53)54)28(36)26(34)29(25)55-19-7-1-15(2-8-19)37-31(45)39-21-11-5-17(41(47)48)13-23(21)43(51)52/h1-14H,(H2,37,39,45)(H2,38,40,46). The topological polar surface area (TPSA) is 273 Å². The first-order valence-corrected chi connectivity index (χ1v) is 15.0. The van der Waals surface area contributed by atoms with Crippen LogP contribution in [0.15, 0.2) is 84.9 Å². The summed E-state index contributed by atoms with van der Waals surface area (Å²) in [5, 5.41) is 53.2. The fraction of sp³-hybridized carbons (Fsp3) is 0. The minimum absolute atomic E-state index is 0.00298. The van der Waals surface area contributed by atoms with Gasteiger partial charge in [-0.15, -0.1) is 0 Å². The highest BCUT2D eigenvalue weighted by molar-refractivity contribution is 6.02. The van der Waals surface area contributed by atoms with Crippen LogP contribution in [0, 0.1) is 63.7 Å². The lowest BCUT2D eigenvalue weighted by molar-refractivity contribution is -0.393. The number of non-ortho nitro benzene ring substituents is 2. The van der Waals surface area contributed by atoms with Crippen molar-refractivity contribution in [3.8, 4) is 23.0 Å². The van der Waals surface area contributed by atoms with Crippen LogP contribution >= 0.6 is 0 Å². The molecule has 0 fully saturated rings. The average Bonchev–Trinajstić information content (AvgIpc) is 3.15. The maximum atomic E-state index is 15.0. The summed E-state index contributed by atoms with van der Waals surface area (Å²) in [5.74, 6) is -11.8. The molecule has 0 bridgehead atoms. The van der Waals surface area contributed by atoms with Gasteiger partial charge < -0.3 is 30.7 Å². The van der Waals surface area contributed by atoms with Crippen molar-refractivity contribution >= 4 is 57.6 Å². The van der Waals surface area contributed by atoms with Crippen molar-refractivity contribution in [1.82, 2.24) is 0 Å². The van der Waals surface area contributed by atoms with Gasteiger partial charge in [0, 0.05) is 23.5 Å². The van der Waals surface area contributed by atoms with Gasteiger partial charge in [-0.2, -0.15) is 17.6 Å². The number of hydrogen-bond acceptors (Lipinski definition) is 12. The molecule has 0 aliphatic rings. The summed E-state index contributed by atoms with van der Waals surface area (Å²) in [4.78, 5) is 65.5. The van der Waals surface area contributed by atoms with E-state index in [-0.39, 0.29) is 34.2 Å². The highest BCUT2D eigenvalue weighted by Crippen LogP contribution is 2.39. The molecule has 0 aliphatic carbocycles. The minimum Gasteiger partial charge on any atom is -0.451 e. The Hall–Kier alpha value is -8.44. The van der Waals surface area contributed by atoms with Gasteiger partial charge in [-0.25, -0.2) is 9.59 Å². The van der Waals surface area contributed by atoms with Crippen LogP contribution in [0.5, 0.6) is 23.0 Å². The third-order valence-electron chi connectivity index (χ3n) is 7.12. The lowest BCUT2D eigenvalue weighted by Gasteiger charge is -2.14. The monoisotopic (exact) mass is 782 g/mol. The van der Waals surface area contributed by atoms with Crippen LogP contribution in [-0.4, -0.2) is 31.8 Å². The number of ether oxygens (including phenoxy) is 2. The van der Waals surface area contributed by atoms with Crippen LogP contribution in [0.1, 0.15) is 0 Å². The van der Waals surface area contributed by atoms with E-state index in [1.54, 1.807) is 0 Å². The average molecular weight is 783 g/mol. The molecule has 24 heteroatoms. The Labute approximate surface area is 306 Å². The molecule has 0 heterocycles. The second-order valence-corrected chi connectivity index (χ2v) is 10.8. The Morgan fingerprint density at radius 3 is 1.07 bits per heavy atom. The first-order valence-electron chi connectivity index (χ1n) is 15.0. The Kier molecular flexibility index (Phi) is 11.1. The van der Waals surface area contributed by atoms with Gasteiger partial charge in [0.2, 0.25) is 34.8 Å². The molecule has 0 radical (unpaired) electrons. The van der Waals surface area contributed by atoms with E-state index in [1.165, 1.54) is 0 Å². The summed E-state index contributed by atoms with van der Waals surface area (Å²) < 4.78 is 69.9. The van der Waals surface area contributed by atoms with Crippen molar-refractivity contribution in [2.45, 2.75) is 0 Å². The first kappa shape index (κ1) is 38.8. The number of carbonyl (C=O) groups is 2. The summed E-state index contributed by atoms with van der Waals surface area (Å²) in [6.07, 6.45) is 0. The Morgan fingerprint density at radius 2 is 0.786 bits per heavy atom. The van der Waals surface area contributed by atoms with Crippen molar-refractivity contribution in [1.29, 1.82) is 0 Å². The van der Waals surface area contributed by atoms with Gasteiger partial charge in [-0.3, -0.25) is 40.5 Å². The maximum absolute atomic E-state index is 15.0. The highest BCUT2D eigenvalue weighted by atomic mass is 19.2. The number of benzene rings is 5. The Morgan fingerprint density at radius 1 is 0.464 bits per heavy atom. The zero-order valence-electron chi connectivity index (χ0n) is 27.3. The molecular weight excluding hydrogens is 764 g/mol. The maximum Gasteiger partial charge on any atom is 0.323 e. The number of rotatable bonds is 12. The molecule has 0 spiro atoms. The highest BCUT2D eigenvalue weighted by Gasteiger charge is 2.29. The van der Waals surface area contributed by atoms with Crippen LogP contribution in [0.3, 0.4) is 0 Å². The number of nitro groups is 4. The third-order valence-corrected chi connectivity index (χ3v) is 7.12. The van der Waals surface area contributed by atoms with E-state index in [1.807, 2.05) is 0 Å². The number of halogens is 4. The van der Waals surface area contributed by atoms with Gasteiger partial charge in [-0.05, 0) is 60.7 Å². The molecule has 0 saturated heterocycles. The number of anilines is 4. The molecule has 4 N–H and O–H groups in total. The zero-order chi connectivity index (χ0) is 40.8. The molecule has 286 valence electrons. The predicted molar refractivity (Wildman–Crippen MR) is 184 cm³/mol. The van der Waals surface area contributed by atoms with Crippen LogP contribution in [0.2, 0.25) is 0 Å². The molecule has 5 aromatic carbocycles. The summed E-state index contributed by atoms with van der Waals surface area (Å²) in [6, 6.07) is 11.6. The third kappa shape index (κ3) is 8.77. The quantitative estimate of drug-likeness (QED) is 0.0400. The van der Waals surface area contributed by atoms with Crippen LogP contribution in [0.25, 0.3) is 0 Å². The molecule has 0 aromatic heterocycles. The Bertz CT molecular complexity index is 2240. The normalized spacial score (nSPS) is 10.5. The molecular formula is C32H18F4N8O12. The fourth-order valence-corrected chi connectivity index (χ4v) is 4.57. The van der Waals surface area contributed by atoms with Crippen molar-refractivity contribution in [2.24, 2.45) is 0 Å². The van der Waals surface area contributed by atoms with Crippen molar-refractivity contribution in [3.05, 3.63) is 149 Å². The summed E-state index contributed by atoms with van der Waals surface area (Å²) in [6.45, 7) is 0. The molecule has 0 saturated carbocycles. The van der Waals surface area contributed by atoms with E-state index in [4.69, 9.17) is 9.47 Å². The summed E-state index contributed by atoms with van der Waals surface area (Å²) in [5.41, 5.74) is -3.50. The van der Waals surface area contributed by atoms with Crippen LogP contribution in [-0.2, 0) is 0 Å². The van der Waals surface area contributed by atoms with Crippen molar-refractivity contribution in [3.63, 3.8) is 0 Å². The second-order valence-electron chi connectivity index (χ2n) is 10.8. The van der Waals surface area contributed by atoms with E-state index in [0.717, 1.165) is 72.8 Å². The molecule has 0 unspecified atom stereocenters. The number of amides is 4. The van der Waals surface area contributed by atoms with Gasteiger partial charge in [0.1, 0.15) is 22.9 Å². The first-order chi connectivity index (χ1) is 26.5. The lowest BCUT2D eigenvalue weighted by Crippen LogP contribution is -2.20. The van der Waals surface area contributed by atoms with Gasteiger partial charge >= 0.3 is 12.1 Å². The number of carbonyl (C=O) groups excluding carboxylic acids is 2. The SMILES string of the molecule is O=C(Nc1ccc(Oc2c(F)c(F)c(Oc3ccc(NC(=O)Nc4ccc([N+](=O)[O-])cc4[N+](=O)[O-])cc3)c(F)c2F)cc1)Nc1ccc([N+](=O)[O-])cc1[N+](=O)[O-]. The summed E-state index contributed by atoms with van der Waals surface area (Å²) >= 11 is 0. The fourth-order valence-electron chi connectivity index (χ4n) is 4.57. The van der Waals surface area contributed by atoms with Gasteiger partial charge in [-0.1, -0.05) is 0 Å². The Balaban J connectivity index is 1.22. The minimum atomic E-state index is -2.00. The van der Waals surface area contributed by atoms with E-state index >= 15 is 0 Å². The smallest absolute Gasteiger partial charge is 0.323 e. The number of nitrogens with one attached hydrogen (secondary N) is 4. The largest absolute Gasteiger partial charge is 0.451 e. The van der Waals surface area contributed by atoms with Gasteiger partial charge in [0.05, 0.1) is 31.8 Å². The van der Waals surface area contributed by atoms with E-state index in [0.29, 0.717) is 12.1 Å². The molecule has 0 atom stereocenters. The van der Waals surface area contributed by atoms with E-state index in [2.05, 4.69) is 21.3 Å². The van der Waals surface area contributed by atoms with Crippen molar-refractivity contribution < 1.29 is 56.3 Å². The zero-order valence-corrected chi connectivity index (χ0v) is 27.3. The van der Waals surface area contributed by atoms with Crippen LogP contribution in [0.4, 0.5) is 72.6 Å². The molecule has 56 heavy (non-hydrogen) atoms. The van der Waals surface area contributed by atoms with Crippen LogP contribution < -0.4 is 30.7 Å². The van der Waals surface area contributed by atoms with Crippen molar-refractivity contribution in [2.75, 3.05) is 21.3 Å². The molecule has 0 aliphatic heterocycles. The van der Waals surface area contributed by atoms with E-state index < -0.39 is 89.3 Å². The summed E-state index contributed by atoms with van der Waals surface area (Å²) in [7, 11) is 0. The number of hydrogen-bond donors (Lipinski definition) is 4. The molecule has 4 amide bonds. The van der Waals surface area contributed by atoms with Gasteiger partial charge in [0.15, 0.2) is 0 Å². The number of urea groups is 2. The lowest BCUT2D eigenvalue weighted by atomic mass is 10.2. The van der Waals surface area contributed by atoms with E-state index in [9.17, 15) is 67.6 Å². The second kappa shape index (κ2) is 16.1. The molecule has 5 rings (SSSR count).